The van der Waals surface area contributed by atoms with Crippen LogP contribution in [-0.2, 0) is 0 Å². The molecule has 0 bridgehead atoms. The van der Waals surface area contributed by atoms with Crippen molar-refractivity contribution < 1.29 is 0 Å². The predicted molar refractivity (Wildman–Crippen MR) is 71.5 cm³/mol. The first kappa shape index (κ1) is 12.1. The van der Waals surface area contributed by atoms with Gasteiger partial charge in [0.1, 0.15) is 11.6 Å². The van der Waals surface area contributed by atoms with E-state index in [2.05, 4.69) is 27.1 Å². The van der Waals surface area contributed by atoms with Gasteiger partial charge in [0, 0.05) is 19.6 Å². The molecule has 0 saturated carbocycles. The zero-order chi connectivity index (χ0) is 11.9. The quantitative estimate of drug-likeness (QED) is 0.869. The summed E-state index contributed by atoms with van der Waals surface area (Å²) in [6, 6.07) is 0. The Morgan fingerprint density at radius 3 is 2.65 bits per heavy atom. The lowest BCUT2D eigenvalue weighted by atomic mass is 10.2. The molecule has 94 valence electrons. The fourth-order valence-electron chi connectivity index (χ4n) is 2.15. The predicted octanol–water partition coefficient (Wildman–Crippen LogP) is 2.68. The van der Waals surface area contributed by atoms with Crippen LogP contribution in [0.15, 0.2) is 12.4 Å². The van der Waals surface area contributed by atoms with E-state index in [0.717, 1.165) is 37.7 Å². The van der Waals surface area contributed by atoms with Crippen LogP contribution in [0.1, 0.15) is 39.0 Å². The molecule has 1 aliphatic heterocycles. The number of hydrogen-bond donors (Lipinski definition) is 1. The Morgan fingerprint density at radius 2 is 1.94 bits per heavy atom. The largest absolute Gasteiger partial charge is 0.369 e. The highest BCUT2D eigenvalue weighted by Crippen LogP contribution is 2.17. The van der Waals surface area contributed by atoms with Crippen LogP contribution in [0.3, 0.4) is 0 Å². The molecule has 2 heterocycles. The Hall–Kier alpha value is -1.32. The van der Waals surface area contributed by atoms with Crippen LogP contribution in [0, 0.1) is 0 Å². The van der Waals surface area contributed by atoms with E-state index in [0.29, 0.717) is 0 Å². The molecule has 0 aliphatic carbocycles. The number of nitrogens with one attached hydrogen (secondary N) is 1. The summed E-state index contributed by atoms with van der Waals surface area (Å²) < 4.78 is 0. The van der Waals surface area contributed by atoms with E-state index in [1.54, 1.807) is 6.20 Å². The number of aromatic nitrogens is 2. The Labute approximate surface area is 103 Å². The second kappa shape index (κ2) is 6.42. The third-order valence-electron chi connectivity index (χ3n) is 3.11. The molecule has 1 aliphatic rings. The molecule has 1 aromatic heterocycles. The summed E-state index contributed by atoms with van der Waals surface area (Å²) in [4.78, 5) is 11.3. The minimum absolute atomic E-state index is 0.897. The number of nitrogens with zero attached hydrogens (tertiary/aromatic N) is 3. The van der Waals surface area contributed by atoms with Gasteiger partial charge in [-0.2, -0.15) is 0 Å². The average molecular weight is 234 g/mol. The maximum atomic E-state index is 4.63. The second-order valence-electron chi connectivity index (χ2n) is 4.59. The molecule has 0 spiro atoms. The summed E-state index contributed by atoms with van der Waals surface area (Å²) in [5, 5.41) is 3.29. The SMILES string of the molecule is CCCNc1cncc(N2CCCCCC2)n1. The first-order chi connectivity index (χ1) is 8.40. The molecule has 1 N–H and O–H groups in total. The van der Waals surface area contributed by atoms with E-state index < -0.39 is 0 Å². The molecule has 1 fully saturated rings. The minimum Gasteiger partial charge on any atom is -0.369 e. The lowest BCUT2D eigenvalue weighted by Crippen LogP contribution is -2.25. The van der Waals surface area contributed by atoms with Gasteiger partial charge in [-0.05, 0) is 19.3 Å². The van der Waals surface area contributed by atoms with Crippen LogP contribution < -0.4 is 10.2 Å². The Morgan fingerprint density at radius 1 is 1.18 bits per heavy atom. The van der Waals surface area contributed by atoms with E-state index >= 15 is 0 Å². The van der Waals surface area contributed by atoms with Crippen LogP contribution in [0.25, 0.3) is 0 Å². The van der Waals surface area contributed by atoms with Gasteiger partial charge in [0.05, 0.1) is 12.4 Å². The van der Waals surface area contributed by atoms with Gasteiger partial charge in [-0.15, -0.1) is 0 Å². The topological polar surface area (TPSA) is 41.1 Å². The van der Waals surface area contributed by atoms with Crippen molar-refractivity contribution >= 4 is 11.6 Å². The molecule has 1 saturated heterocycles. The lowest BCUT2D eigenvalue weighted by Gasteiger charge is -2.21. The monoisotopic (exact) mass is 234 g/mol. The zero-order valence-corrected chi connectivity index (χ0v) is 10.7. The van der Waals surface area contributed by atoms with Gasteiger partial charge in [0.25, 0.3) is 0 Å². The standard InChI is InChI=1S/C13H22N4/c1-2-7-15-12-10-14-11-13(16-12)17-8-5-3-4-6-9-17/h10-11H,2-9H2,1H3,(H,15,16). The molecule has 0 unspecified atom stereocenters. The molecular formula is C13H22N4. The smallest absolute Gasteiger partial charge is 0.149 e. The normalized spacial score (nSPS) is 16.6. The van der Waals surface area contributed by atoms with Crippen LogP contribution >= 0.6 is 0 Å². The summed E-state index contributed by atoms with van der Waals surface area (Å²) in [7, 11) is 0. The van der Waals surface area contributed by atoms with Gasteiger partial charge in [-0.3, -0.25) is 4.98 Å². The first-order valence-corrected chi connectivity index (χ1v) is 6.71. The summed E-state index contributed by atoms with van der Waals surface area (Å²) in [5.74, 6) is 1.92. The molecule has 2 rings (SSSR count). The van der Waals surface area contributed by atoms with Crippen molar-refractivity contribution in [2.45, 2.75) is 39.0 Å². The highest BCUT2D eigenvalue weighted by atomic mass is 15.2. The molecule has 4 nitrogen and oxygen atoms in total. The van der Waals surface area contributed by atoms with E-state index in [1.807, 2.05) is 6.20 Å². The maximum Gasteiger partial charge on any atom is 0.149 e. The van der Waals surface area contributed by atoms with E-state index in [4.69, 9.17) is 0 Å². The van der Waals surface area contributed by atoms with Gasteiger partial charge in [0.15, 0.2) is 0 Å². The lowest BCUT2D eigenvalue weighted by molar-refractivity contribution is 0.726. The van der Waals surface area contributed by atoms with Crippen molar-refractivity contribution in [3.05, 3.63) is 12.4 Å². The highest BCUT2D eigenvalue weighted by molar-refractivity contribution is 5.43. The summed E-state index contributed by atoms with van der Waals surface area (Å²) in [6.07, 6.45) is 10.0. The van der Waals surface area contributed by atoms with Crippen molar-refractivity contribution in [1.29, 1.82) is 0 Å². The highest BCUT2D eigenvalue weighted by Gasteiger charge is 2.11. The van der Waals surface area contributed by atoms with Crippen molar-refractivity contribution in [3.8, 4) is 0 Å². The zero-order valence-electron chi connectivity index (χ0n) is 10.7. The Balaban J connectivity index is 2.03. The van der Waals surface area contributed by atoms with Crippen LogP contribution in [0.4, 0.5) is 11.6 Å². The van der Waals surface area contributed by atoms with Crippen LogP contribution in [0.5, 0.6) is 0 Å². The average Bonchev–Trinajstić information content (AvgIpc) is 2.65. The molecule has 1 aromatic rings. The molecule has 0 amide bonds. The molecule has 17 heavy (non-hydrogen) atoms. The van der Waals surface area contributed by atoms with Crippen molar-refractivity contribution in [2.75, 3.05) is 29.9 Å². The van der Waals surface area contributed by atoms with Gasteiger partial charge in [-0.1, -0.05) is 19.8 Å². The fraction of sp³-hybridized carbons (Fsp3) is 0.692. The van der Waals surface area contributed by atoms with Gasteiger partial charge < -0.3 is 10.2 Å². The molecule has 0 radical (unpaired) electrons. The third kappa shape index (κ3) is 3.58. The molecule has 4 heteroatoms. The van der Waals surface area contributed by atoms with Crippen molar-refractivity contribution in [3.63, 3.8) is 0 Å². The Bertz CT molecular complexity index is 332. The van der Waals surface area contributed by atoms with Gasteiger partial charge >= 0.3 is 0 Å². The Kier molecular flexibility index (Phi) is 4.59. The number of rotatable bonds is 4. The fourth-order valence-corrected chi connectivity index (χ4v) is 2.15. The first-order valence-electron chi connectivity index (χ1n) is 6.71. The summed E-state index contributed by atoms with van der Waals surface area (Å²) >= 11 is 0. The summed E-state index contributed by atoms with van der Waals surface area (Å²) in [6.45, 7) is 5.34. The third-order valence-corrected chi connectivity index (χ3v) is 3.11. The van der Waals surface area contributed by atoms with Crippen LogP contribution in [-0.4, -0.2) is 29.6 Å². The second-order valence-corrected chi connectivity index (χ2v) is 4.59. The van der Waals surface area contributed by atoms with E-state index in [-0.39, 0.29) is 0 Å². The minimum atomic E-state index is 0.897. The molecule has 0 aromatic carbocycles. The molecule has 0 atom stereocenters. The number of hydrogen-bond acceptors (Lipinski definition) is 4. The van der Waals surface area contributed by atoms with Crippen molar-refractivity contribution in [2.24, 2.45) is 0 Å². The summed E-state index contributed by atoms with van der Waals surface area (Å²) in [5.41, 5.74) is 0. The van der Waals surface area contributed by atoms with E-state index in [9.17, 15) is 0 Å². The van der Waals surface area contributed by atoms with Crippen LogP contribution in [0.2, 0.25) is 0 Å². The van der Waals surface area contributed by atoms with Crippen molar-refractivity contribution in [1.82, 2.24) is 9.97 Å². The number of anilines is 2. The maximum absolute atomic E-state index is 4.63. The van der Waals surface area contributed by atoms with Gasteiger partial charge in [0.2, 0.25) is 0 Å². The van der Waals surface area contributed by atoms with Gasteiger partial charge in [-0.25, -0.2) is 4.98 Å². The molecular weight excluding hydrogens is 212 g/mol. The van der Waals surface area contributed by atoms with E-state index in [1.165, 1.54) is 25.7 Å².